The largest absolute Gasteiger partial charge is 0.366 e. The van der Waals surface area contributed by atoms with Crippen LogP contribution in [-0.4, -0.2) is 23.9 Å². The van der Waals surface area contributed by atoms with E-state index in [4.69, 9.17) is 11.6 Å². The second kappa shape index (κ2) is 7.92. The molecule has 1 saturated heterocycles. The SMILES string of the molecule is C[C@@H]1CCCN(c2ccc(C(=O)Nc3ccc(Cl)cc3F)cc2[N+](=O)[O-])C1. The quantitative estimate of drug-likeness (QED) is 0.595. The van der Waals surface area contributed by atoms with E-state index in [2.05, 4.69) is 12.2 Å². The summed E-state index contributed by atoms with van der Waals surface area (Å²) in [6.07, 6.45) is 2.06. The van der Waals surface area contributed by atoms with Crippen LogP contribution in [0.1, 0.15) is 30.1 Å². The number of benzene rings is 2. The van der Waals surface area contributed by atoms with Crippen molar-refractivity contribution in [1.29, 1.82) is 0 Å². The Kier molecular flexibility index (Phi) is 5.60. The second-order valence-electron chi connectivity index (χ2n) is 6.73. The van der Waals surface area contributed by atoms with E-state index in [1.165, 1.54) is 24.3 Å². The molecule has 27 heavy (non-hydrogen) atoms. The van der Waals surface area contributed by atoms with Crippen LogP contribution in [0.4, 0.5) is 21.5 Å². The summed E-state index contributed by atoms with van der Waals surface area (Å²) < 4.78 is 13.9. The predicted octanol–water partition coefficient (Wildman–Crippen LogP) is 4.88. The van der Waals surface area contributed by atoms with Gasteiger partial charge in [0.15, 0.2) is 0 Å². The first kappa shape index (κ1) is 19.1. The van der Waals surface area contributed by atoms with Crippen LogP contribution in [0.3, 0.4) is 0 Å². The van der Waals surface area contributed by atoms with E-state index in [-0.39, 0.29) is 22.0 Å². The van der Waals surface area contributed by atoms with Crippen molar-refractivity contribution >= 4 is 34.6 Å². The average molecular weight is 392 g/mol. The number of amides is 1. The first-order chi connectivity index (χ1) is 12.8. The summed E-state index contributed by atoms with van der Waals surface area (Å²) >= 11 is 5.70. The van der Waals surface area contributed by atoms with Crippen LogP contribution in [-0.2, 0) is 0 Å². The van der Waals surface area contributed by atoms with Crippen LogP contribution in [0.25, 0.3) is 0 Å². The van der Waals surface area contributed by atoms with Crippen molar-refractivity contribution in [2.45, 2.75) is 19.8 Å². The van der Waals surface area contributed by atoms with Crippen molar-refractivity contribution in [2.75, 3.05) is 23.3 Å². The van der Waals surface area contributed by atoms with Crippen molar-refractivity contribution in [2.24, 2.45) is 5.92 Å². The number of hydrogen-bond donors (Lipinski definition) is 1. The lowest BCUT2D eigenvalue weighted by Crippen LogP contribution is -2.34. The number of piperidine rings is 1. The Bertz CT molecular complexity index is 890. The summed E-state index contributed by atoms with van der Waals surface area (Å²) in [5, 5.41) is 14.2. The molecular weight excluding hydrogens is 373 g/mol. The number of nitro benzene ring substituents is 1. The zero-order valence-corrected chi connectivity index (χ0v) is 15.5. The Morgan fingerprint density at radius 2 is 2.11 bits per heavy atom. The van der Waals surface area contributed by atoms with Crippen LogP contribution in [0.5, 0.6) is 0 Å². The number of carbonyl (C=O) groups excluding carboxylic acids is 1. The number of anilines is 2. The number of nitrogens with zero attached hydrogens (tertiary/aromatic N) is 2. The van der Waals surface area contributed by atoms with Gasteiger partial charge in [-0.15, -0.1) is 0 Å². The van der Waals surface area contributed by atoms with Gasteiger partial charge in [0.1, 0.15) is 11.5 Å². The van der Waals surface area contributed by atoms with Gasteiger partial charge in [-0.25, -0.2) is 4.39 Å². The lowest BCUT2D eigenvalue weighted by molar-refractivity contribution is -0.384. The van der Waals surface area contributed by atoms with Gasteiger partial charge in [-0.2, -0.15) is 0 Å². The maximum Gasteiger partial charge on any atom is 0.293 e. The molecule has 2 aromatic rings. The number of carbonyl (C=O) groups is 1. The third kappa shape index (κ3) is 4.36. The minimum atomic E-state index is -0.677. The van der Waals surface area contributed by atoms with Gasteiger partial charge in [-0.1, -0.05) is 18.5 Å². The highest BCUT2D eigenvalue weighted by Crippen LogP contribution is 2.32. The standard InChI is InChI=1S/C19H19ClFN3O3/c1-12-3-2-8-23(11-12)17-7-4-13(9-18(17)24(26)27)19(25)22-16-6-5-14(20)10-15(16)21/h4-7,9-10,12H,2-3,8,11H2,1H3,(H,22,25)/t12-/m1/s1. The van der Waals surface area contributed by atoms with E-state index in [1.54, 1.807) is 6.07 Å². The van der Waals surface area contributed by atoms with E-state index >= 15 is 0 Å². The Morgan fingerprint density at radius 3 is 2.78 bits per heavy atom. The second-order valence-corrected chi connectivity index (χ2v) is 7.17. The Hall–Kier alpha value is -2.67. The molecule has 0 bridgehead atoms. The molecule has 1 aliphatic rings. The van der Waals surface area contributed by atoms with Gasteiger partial charge in [-0.3, -0.25) is 14.9 Å². The maximum atomic E-state index is 13.9. The minimum Gasteiger partial charge on any atom is -0.366 e. The van der Waals surface area contributed by atoms with Crippen molar-refractivity contribution in [3.05, 3.63) is 62.9 Å². The van der Waals surface area contributed by atoms with Crippen LogP contribution < -0.4 is 10.2 Å². The molecule has 1 fully saturated rings. The molecule has 1 heterocycles. The number of halogens is 2. The molecule has 0 spiro atoms. The summed E-state index contributed by atoms with van der Waals surface area (Å²) in [5.74, 6) is -0.851. The molecule has 1 amide bonds. The number of hydrogen-bond acceptors (Lipinski definition) is 4. The van der Waals surface area contributed by atoms with Gasteiger partial charge in [0.25, 0.3) is 11.6 Å². The molecule has 0 aromatic heterocycles. The highest BCUT2D eigenvalue weighted by molar-refractivity contribution is 6.30. The summed E-state index contributed by atoms with van der Waals surface area (Å²) in [6, 6.07) is 8.21. The summed E-state index contributed by atoms with van der Waals surface area (Å²) in [5.41, 5.74) is 0.417. The van der Waals surface area contributed by atoms with Gasteiger partial charge >= 0.3 is 0 Å². The van der Waals surface area contributed by atoms with Crippen molar-refractivity contribution in [3.8, 4) is 0 Å². The van der Waals surface area contributed by atoms with E-state index in [0.29, 0.717) is 11.6 Å². The third-order valence-electron chi connectivity index (χ3n) is 4.61. The first-order valence-electron chi connectivity index (χ1n) is 8.65. The van der Waals surface area contributed by atoms with Gasteiger partial charge in [-0.05, 0) is 49.1 Å². The van der Waals surface area contributed by atoms with E-state index in [1.807, 2.05) is 4.90 Å². The zero-order chi connectivity index (χ0) is 19.6. The normalized spacial score (nSPS) is 16.9. The van der Waals surface area contributed by atoms with Crippen LogP contribution in [0.15, 0.2) is 36.4 Å². The van der Waals surface area contributed by atoms with Crippen molar-refractivity contribution in [3.63, 3.8) is 0 Å². The number of nitro groups is 1. The van der Waals surface area contributed by atoms with Gasteiger partial charge in [0.05, 0.1) is 10.6 Å². The average Bonchev–Trinajstić information content (AvgIpc) is 2.63. The molecule has 142 valence electrons. The topological polar surface area (TPSA) is 75.5 Å². The van der Waals surface area contributed by atoms with E-state index in [9.17, 15) is 19.3 Å². The van der Waals surface area contributed by atoms with Gasteiger partial charge in [0, 0.05) is 29.7 Å². The Morgan fingerprint density at radius 1 is 1.33 bits per heavy atom. The van der Waals surface area contributed by atoms with E-state index in [0.717, 1.165) is 32.0 Å². The smallest absolute Gasteiger partial charge is 0.293 e. The summed E-state index contributed by atoms with van der Waals surface area (Å²) in [4.78, 5) is 25.4. The van der Waals surface area contributed by atoms with Gasteiger partial charge < -0.3 is 10.2 Å². The fourth-order valence-corrected chi connectivity index (χ4v) is 3.43. The molecule has 1 aliphatic heterocycles. The van der Waals surface area contributed by atoms with Crippen molar-refractivity contribution < 1.29 is 14.1 Å². The molecular formula is C19H19ClFN3O3. The Labute approximate surface area is 161 Å². The molecule has 2 aromatic carbocycles. The highest BCUT2D eigenvalue weighted by Gasteiger charge is 2.25. The predicted molar refractivity (Wildman–Crippen MR) is 103 cm³/mol. The fourth-order valence-electron chi connectivity index (χ4n) is 3.27. The molecule has 1 atom stereocenters. The first-order valence-corrected chi connectivity index (χ1v) is 9.02. The lowest BCUT2D eigenvalue weighted by Gasteiger charge is -2.32. The minimum absolute atomic E-state index is 0.0408. The van der Waals surface area contributed by atoms with Crippen LogP contribution >= 0.6 is 11.6 Å². The molecule has 0 aliphatic carbocycles. The third-order valence-corrected chi connectivity index (χ3v) is 4.85. The zero-order valence-electron chi connectivity index (χ0n) is 14.7. The molecule has 3 rings (SSSR count). The molecule has 1 N–H and O–H groups in total. The van der Waals surface area contributed by atoms with Crippen LogP contribution in [0, 0.1) is 21.8 Å². The van der Waals surface area contributed by atoms with Gasteiger partial charge in [0.2, 0.25) is 0 Å². The van der Waals surface area contributed by atoms with E-state index < -0.39 is 16.6 Å². The number of nitrogens with one attached hydrogen (secondary N) is 1. The molecule has 0 radical (unpaired) electrons. The monoisotopic (exact) mass is 391 g/mol. The lowest BCUT2D eigenvalue weighted by atomic mass is 9.99. The molecule has 0 saturated carbocycles. The Balaban J connectivity index is 1.86. The maximum absolute atomic E-state index is 13.9. The van der Waals surface area contributed by atoms with Crippen molar-refractivity contribution in [1.82, 2.24) is 0 Å². The van der Waals surface area contributed by atoms with Crippen LogP contribution in [0.2, 0.25) is 5.02 Å². The molecule has 6 nitrogen and oxygen atoms in total. The molecule has 0 unspecified atom stereocenters. The number of rotatable bonds is 4. The highest BCUT2D eigenvalue weighted by atomic mass is 35.5. The molecule has 8 heteroatoms. The fraction of sp³-hybridized carbons (Fsp3) is 0.316. The summed E-state index contributed by atoms with van der Waals surface area (Å²) in [6.45, 7) is 3.59. The summed E-state index contributed by atoms with van der Waals surface area (Å²) in [7, 11) is 0.